The van der Waals surface area contributed by atoms with E-state index in [0.29, 0.717) is 33.5 Å². The zero-order chi connectivity index (χ0) is 18.6. The number of thioether (sulfide) groups is 1. The number of amidine groups is 1. The molecule has 0 bridgehead atoms. The van der Waals surface area contributed by atoms with E-state index in [1.807, 2.05) is 0 Å². The second-order valence-electron chi connectivity index (χ2n) is 5.20. The predicted octanol–water partition coefficient (Wildman–Crippen LogP) is 4.83. The van der Waals surface area contributed by atoms with E-state index in [1.165, 1.54) is 13.2 Å². The highest BCUT2D eigenvalue weighted by Crippen LogP contribution is 2.33. The lowest BCUT2D eigenvalue weighted by molar-refractivity contribution is -0.105. The Labute approximate surface area is 146 Å². The standard InChI is InChI=1S/C17H16F4N2OS/c1-10-7-13(18)14(8-15(10)25-9-17(19,20)21)23-16(22)11-3-5-12(24-2)6-4-11/h3-8H,9H2,1-2H3,(H2,22,23). The summed E-state index contributed by atoms with van der Waals surface area (Å²) in [7, 11) is 1.52. The van der Waals surface area contributed by atoms with Crippen LogP contribution in [0.4, 0.5) is 23.2 Å². The Balaban J connectivity index is 2.30. The molecule has 0 fully saturated rings. The molecule has 3 nitrogen and oxygen atoms in total. The van der Waals surface area contributed by atoms with E-state index in [-0.39, 0.29) is 11.5 Å². The molecule has 0 atom stereocenters. The number of nitrogens with zero attached hydrogens (tertiary/aromatic N) is 1. The molecule has 0 aromatic heterocycles. The number of ether oxygens (including phenoxy) is 1. The van der Waals surface area contributed by atoms with Crippen LogP contribution in [-0.2, 0) is 0 Å². The molecule has 2 aromatic carbocycles. The van der Waals surface area contributed by atoms with Gasteiger partial charge in [0.25, 0.3) is 0 Å². The Morgan fingerprint density at radius 2 is 1.84 bits per heavy atom. The van der Waals surface area contributed by atoms with Gasteiger partial charge in [0.1, 0.15) is 23.1 Å². The van der Waals surface area contributed by atoms with Crippen molar-refractivity contribution in [1.29, 1.82) is 0 Å². The number of benzene rings is 2. The lowest BCUT2D eigenvalue weighted by Crippen LogP contribution is -2.13. The second kappa shape index (κ2) is 7.77. The molecule has 2 N–H and O–H groups in total. The fourth-order valence-electron chi connectivity index (χ4n) is 2.00. The Hall–Kier alpha value is -2.22. The first kappa shape index (κ1) is 19.1. The van der Waals surface area contributed by atoms with Gasteiger partial charge < -0.3 is 10.5 Å². The molecule has 0 amide bonds. The first-order valence-corrected chi connectivity index (χ1v) is 8.16. The number of methoxy groups -OCH3 is 1. The van der Waals surface area contributed by atoms with Gasteiger partial charge in [-0.15, -0.1) is 11.8 Å². The third-order valence-corrected chi connectivity index (χ3v) is 4.48. The summed E-state index contributed by atoms with van der Waals surface area (Å²) in [6.45, 7) is 1.54. The summed E-state index contributed by atoms with van der Waals surface area (Å²) in [4.78, 5) is 4.32. The molecule has 25 heavy (non-hydrogen) atoms. The van der Waals surface area contributed by atoms with Crippen LogP contribution in [0, 0.1) is 12.7 Å². The van der Waals surface area contributed by atoms with Gasteiger partial charge in [0.2, 0.25) is 0 Å². The maximum absolute atomic E-state index is 14.1. The fraction of sp³-hybridized carbons (Fsp3) is 0.235. The predicted molar refractivity (Wildman–Crippen MR) is 91.3 cm³/mol. The summed E-state index contributed by atoms with van der Waals surface area (Å²) < 4.78 is 56.3. The second-order valence-corrected chi connectivity index (χ2v) is 6.22. The number of halogens is 4. The van der Waals surface area contributed by atoms with Crippen LogP contribution in [0.25, 0.3) is 0 Å². The molecule has 2 aromatic rings. The minimum Gasteiger partial charge on any atom is -0.497 e. The highest BCUT2D eigenvalue weighted by atomic mass is 32.2. The van der Waals surface area contributed by atoms with Crippen LogP contribution in [0.2, 0.25) is 0 Å². The molecule has 0 aliphatic carbocycles. The topological polar surface area (TPSA) is 47.6 Å². The molecule has 0 aliphatic rings. The van der Waals surface area contributed by atoms with Crippen LogP contribution >= 0.6 is 11.8 Å². The van der Waals surface area contributed by atoms with E-state index in [9.17, 15) is 17.6 Å². The Kier molecular flexibility index (Phi) is 5.94. The number of hydrogen-bond acceptors (Lipinski definition) is 3. The normalized spacial score (nSPS) is 12.3. The molecule has 2 rings (SSSR count). The van der Waals surface area contributed by atoms with E-state index >= 15 is 0 Å². The molecule has 0 saturated carbocycles. The number of hydrogen-bond donors (Lipinski definition) is 1. The minimum absolute atomic E-state index is 0.0529. The van der Waals surface area contributed by atoms with Gasteiger partial charge in [-0.25, -0.2) is 9.38 Å². The lowest BCUT2D eigenvalue weighted by Gasteiger charge is -2.10. The maximum Gasteiger partial charge on any atom is 0.398 e. The summed E-state index contributed by atoms with van der Waals surface area (Å²) >= 11 is 0.586. The average molecular weight is 372 g/mol. The van der Waals surface area contributed by atoms with Gasteiger partial charge in [-0.2, -0.15) is 13.2 Å². The minimum atomic E-state index is -4.31. The van der Waals surface area contributed by atoms with Crippen molar-refractivity contribution in [1.82, 2.24) is 0 Å². The first-order valence-electron chi connectivity index (χ1n) is 7.18. The number of aliphatic imine (C=N–C) groups is 1. The summed E-state index contributed by atoms with van der Waals surface area (Å²) in [6, 6.07) is 9.09. The van der Waals surface area contributed by atoms with Gasteiger partial charge in [-0.05, 0) is 48.9 Å². The van der Waals surface area contributed by atoms with Crippen molar-refractivity contribution in [3.8, 4) is 5.75 Å². The quantitative estimate of drug-likeness (QED) is 0.354. The van der Waals surface area contributed by atoms with Crippen LogP contribution in [0.15, 0.2) is 46.3 Å². The molecular weight excluding hydrogens is 356 g/mol. The third kappa shape index (κ3) is 5.38. The summed E-state index contributed by atoms with van der Waals surface area (Å²) in [6.07, 6.45) is -4.31. The monoisotopic (exact) mass is 372 g/mol. The van der Waals surface area contributed by atoms with Crippen molar-refractivity contribution in [2.45, 2.75) is 18.0 Å². The van der Waals surface area contributed by atoms with E-state index in [1.54, 1.807) is 31.2 Å². The maximum atomic E-state index is 14.1. The van der Waals surface area contributed by atoms with Crippen LogP contribution in [0.1, 0.15) is 11.1 Å². The van der Waals surface area contributed by atoms with Crippen molar-refractivity contribution in [3.05, 3.63) is 53.3 Å². The van der Waals surface area contributed by atoms with Crippen LogP contribution in [0.3, 0.4) is 0 Å². The van der Waals surface area contributed by atoms with E-state index in [4.69, 9.17) is 10.5 Å². The van der Waals surface area contributed by atoms with Gasteiger partial charge in [0, 0.05) is 10.5 Å². The van der Waals surface area contributed by atoms with Crippen molar-refractivity contribution in [2.75, 3.05) is 12.9 Å². The van der Waals surface area contributed by atoms with E-state index < -0.39 is 17.7 Å². The zero-order valence-corrected chi connectivity index (χ0v) is 14.3. The van der Waals surface area contributed by atoms with Crippen molar-refractivity contribution in [3.63, 3.8) is 0 Å². The fourth-order valence-corrected chi connectivity index (χ4v) is 2.80. The molecule has 8 heteroatoms. The molecule has 0 aliphatic heterocycles. The molecule has 0 unspecified atom stereocenters. The average Bonchev–Trinajstić information content (AvgIpc) is 2.55. The number of nitrogens with two attached hydrogens (primary N) is 1. The van der Waals surface area contributed by atoms with E-state index in [0.717, 1.165) is 6.07 Å². The number of aryl methyl sites for hydroxylation is 1. The largest absolute Gasteiger partial charge is 0.497 e. The molecule has 0 radical (unpaired) electrons. The van der Waals surface area contributed by atoms with Gasteiger partial charge >= 0.3 is 6.18 Å². The first-order chi connectivity index (χ1) is 11.7. The molecular formula is C17H16F4N2OS. The van der Waals surface area contributed by atoms with Crippen LogP contribution in [0.5, 0.6) is 5.75 Å². The lowest BCUT2D eigenvalue weighted by atomic mass is 10.2. The summed E-state index contributed by atoms with van der Waals surface area (Å²) in [5.41, 5.74) is 6.72. The highest BCUT2D eigenvalue weighted by Gasteiger charge is 2.27. The van der Waals surface area contributed by atoms with Gasteiger partial charge in [0.15, 0.2) is 0 Å². The van der Waals surface area contributed by atoms with E-state index in [2.05, 4.69) is 4.99 Å². The van der Waals surface area contributed by atoms with Gasteiger partial charge in [0.05, 0.1) is 12.9 Å². The molecule has 134 valence electrons. The zero-order valence-electron chi connectivity index (χ0n) is 13.5. The van der Waals surface area contributed by atoms with Gasteiger partial charge in [-0.1, -0.05) is 0 Å². The van der Waals surface area contributed by atoms with Crippen molar-refractivity contribution in [2.24, 2.45) is 10.7 Å². The Morgan fingerprint density at radius 3 is 2.40 bits per heavy atom. The van der Waals surface area contributed by atoms with Crippen LogP contribution < -0.4 is 10.5 Å². The van der Waals surface area contributed by atoms with Crippen molar-refractivity contribution < 1.29 is 22.3 Å². The number of alkyl halides is 3. The summed E-state index contributed by atoms with van der Waals surface area (Å²) in [5.74, 6) is -1.03. The highest BCUT2D eigenvalue weighted by molar-refractivity contribution is 7.99. The smallest absolute Gasteiger partial charge is 0.398 e. The third-order valence-electron chi connectivity index (χ3n) is 3.26. The van der Waals surface area contributed by atoms with Gasteiger partial charge in [-0.3, -0.25) is 0 Å². The van der Waals surface area contributed by atoms with Crippen LogP contribution in [-0.4, -0.2) is 24.9 Å². The Bertz CT molecular complexity index is 773. The molecule has 0 heterocycles. The Morgan fingerprint density at radius 1 is 1.20 bits per heavy atom. The number of rotatable bonds is 5. The molecule has 0 spiro atoms. The SMILES string of the molecule is COc1ccc(/C(N)=N\c2cc(SCC(F)(F)F)c(C)cc2F)cc1. The summed E-state index contributed by atoms with van der Waals surface area (Å²) in [5, 5.41) is 0. The molecule has 0 saturated heterocycles. The van der Waals surface area contributed by atoms with Crippen molar-refractivity contribution >= 4 is 23.3 Å².